The average Bonchev–Trinajstić information content (AvgIpc) is 3.13. The second-order valence-electron chi connectivity index (χ2n) is 6.22. The smallest absolute Gasteiger partial charge is 0.339 e. The summed E-state index contributed by atoms with van der Waals surface area (Å²) in [6.45, 7) is 4.33. The predicted molar refractivity (Wildman–Crippen MR) is 105 cm³/mol. The number of nitrogens with zero attached hydrogens (tertiary/aromatic N) is 1. The van der Waals surface area contributed by atoms with E-state index < -0.39 is 5.63 Å². The van der Waals surface area contributed by atoms with Crippen LogP contribution in [0.15, 0.2) is 32.8 Å². The Hall–Kier alpha value is -2.67. The van der Waals surface area contributed by atoms with E-state index in [2.05, 4.69) is 17.2 Å². The van der Waals surface area contributed by atoms with Gasteiger partial charge in [-0.3, -0.25) is 4.79 Å². The predicted octanol–water partition coefficient (Wildman–Crippen LogP) is 3.38. The largest absolute Gasteiger partial charge is 0.497 e. The molecule has 142 valence electrons. The summed E-state index contributed by atoms with van der Waals surface area (Å²) < 4.78 is 10.6. The number of aromatic nitrogens is 1. The zero-order valence-corrected chi connectivity index (χ0v) is 16.4. The molecule has 0 aliphatic rings. The monoisotopic (exact) mass is 386 g/mol. The van der Waals surface area contributed by atoms with Gasteiger partial charge in [0.1, 0.15) is 11.3 Å². The van der Waals surface area contributed by atoms with Gasteiger partial charge in [0.2, 0.25) is 5.91 Å². The first-order chi connectivity index (χ1) is 13.0. The van der Waals surface area contributed by atoms with Gasteiger partial charge in [0.15, 0.2) is 0 Å². The minimum Gasteiger partial charge on any atom is -0.497 e. The summed E-state index contributed by atoms with van der Waals surface area (Å²) in [7, 11) is 1.56. The van der Waals surface area contributed by atoms with Gasteiger partial charge in [0.05, 0.1) is 24.4 Å². The van der Waals surface area contributed by atoms with Crippen molar-refractivity contribution in [2.45, 2.75) is 39.7 Å². The first kappa shape index (κ1) is 19.1. The van der Waals surface area contributed by atoms with E-state index in [1.54, 1.807) is 24.5 Å². The second-order valence-corrected chi connectivity index (χ2v) is 7.16. The normalized spacial score (nSPS) is 10.9. The third-order valence-corrected chi connectivity index (χ3v) is 5.51. The van der Waals surface area contributed by atoms with Crippen molar-refractivity contribution in [3.63, 3.8) is 0 Å². The number of fused-ring (bicyclic) bond motifs is 1. The van der Waals surface area contributed by atoms with Crippen LogP contribution in [0.3, 0.4) is 0 Å². The standard InChI is InChI=1S/C20H22N2O4S/c1-4-19-22-13(11-27-19)10-21-18(23)8-7-16-12(2)15-6-5-14(25-3)9-17(15)26-20(16)24/h5-6,9,11H,4,7-8,10H2,1-3H3,(H,21,23). The van der Waals surface area contributed by atoms with E-state index in [1.165, 1.54) is 0 Å². The van der Waals surface area contributed by atoms with Gasteiger partial charge < -0.3 is 14.5 Å². The quantitative estimate of drug-likeness (QED) is 0.630. The highest BCUT2D eigenvalue weighted by Crippen LogP contribution is 2.24. The Kier molecular flexibility index (Phi) is 5.91. The lowest BCUT2D eigenvalue weighted by molar-refractivity contribution is -0.121. The van der Waals surface area contributed by atoms with Crippen molar-refractivity contribution in [3.05, 3.63) is 55.8 Å². The van der Waals surface area contributed by atoms with E-state index in [1.807, 2.05) is 24.4 Å². The Bertz CT molecular complexity index is 1020. The zero-order valence-electron chi connectivity index (χ0n) is 15.6. The number of rotatable bonds is 7. The highest BCUT2D eigenvalue weighted by atomic mass is 32.1. The number of ether oxygens (including phenoxy) is 1. The molecule has 0 radical (unpaired) electrons. The Labute approximate surface area is 161 Å². The fraction of sp³-hybridized carbons (Fsp3) is 0.350. The fourth-order valence-electron chi connectivity index (χ4n) is 2.90. The van der Waals surface area contributed by atoms with Crippen LogP contribution < -0.4 is 15.7 Å². The van der Waals surface area contributed by atoms with Crippen LogP contribution in [0, 0.1) is 6.92 Å². The van der Waals surface area contributed by atoms with Crippen LogP contribution in [0.5, 0.6) is 5.75 Å². The molecular formula is C20H22N2O4S. The Morgan fingerprint density at radius 1 is 1.37 bits per heavy atom. The van der Waals surface area contributed by atoms with E-state index in [-0.39, 0.29) is 12.3 Å². The molecule has 3 aromatic rings. The molecule has 0 spiro atoms. The van der Waals surface area contributed by atoms with Gasteiger partial charge in [-0.1, -0.05) is 6.92 Å². The van der Waals surface area contributed by atoms with E-state index in [4.69, 9.17) is 9.15 Å². The summed E-state index contributed by atoms with van der Waals surface area (Å²) >= 11 is 1.59. The topological polar surface area (TPSA) is 81.4 Å². The lowest BCUT2D eigenvalue weighted by atomic mass is 10.0. The van der Waals surface area contributed by atoms with Crippen LogP contribution in [0.4, 0.5) is 0 Å². The molecule has 27 heavy (non-hydrogen) atoms. The van der Waals surface area contributed by atoms with E-state index in [9.17, 15) is 9.59 Å². The van der Waals surface area contributed by atoms with Crippen LogP contribution >= 0.6 is 11.3 Å². The number of carbonyl (C=O) groups excluding carboxylic acids is 1. The molecular weight excluding hydrogens is 364 g/mol. The van der Waals surface area contributed by atoms with Crippen molar-refractivity contribution in [2.24, 2.45) is 0 Å². The van der Waals surface area contributed by atoms with Gasteiger partial charge in [-0.05, 0) is 37.5 Å². The summed E-state index contributed by atoms with van der Waals surface area (Å²) in [5, 5.41) is 6.71. The molecule has 0 unspecified atom stereocenters. The average molecular weight is 386 g/mol. The molecule has 0 bridgehead atoms. The van der Waals surface area contributed by atoms with Crippen LogP contribution in [0.25, 0.3) is 11.0 Å². The van der Waals surface area contributed by atoms with Crippen molar-refractivity contribution >= 4 is 28.2 Å². The molecule has 0 fully saturated rings. The van der Waals surface area contributed by atoms with Gasteiger partial charge in [0.25, 0.3) is 0 Å². The zero-order chi connectivity index (χ0) is 19.4. The number of carbonyl (C=O) groups is 1. The molecule has 0 aliphatic heterocycles. The van der Waals surface area contributed by atoms with Crippen LogP contribution in [0.1, 0.15) is 35.2 Å². The SMILES string of the molecule is CCc1nc(CNC(=O)CCc2c(C)c3ccc(OC)cc3oc2=O)cs1. The highest BCUT2D eigenvalue weighted by Gasteiger charge is 2.14. The second kappa shape index (κ2) is 8.35. The molecule has 7 heteroatoms. The van der Waals surface area contributed by atoms with E-state index in [0.29, 0.717) is 29.9 Å². The van der Waals surface area contributed by atoms with Crippen molar-refractivity contribution in [2.75, 3.05) is 7.11 Å². The molecule has 0 saturated heterocycles. The number of nitrogens with one attached hydrogen (secondary N) is 1. The molecule has 2 aromatic heterocycles. The van der Waals surface area contributed by atoms with Gasteiger partial charge in [-0.2, -0.15) is 0 Å². The third kappa shape index (κ3) is 4.36. The number of benzene rings is 1. The molecule has 1 amide bonds. The maximum atomic E-state index is 12.3. The minimum atomic E-state index is -0.409. The van der Waals surface area contributed by atoms with Gasteiger partial charge in [-0.25, -0.2) is 9.78 Å². The van der Waals surface area contributed by atoms with Crippen LogP contribution in [-0.4, -0.2) is 18.0 Å². The number of hydrogen-bond acceptors (Lipinski definition) is 6. The lowest BCUT2D eigenvalue weighted by Gasteiger charge is -2.09. The summed E-state index contributed by atoms with van der Waals surface area (Å²) in [6.07, 6.45) is 1.44. The maximum absolute atomic E-state index is 12.3. The molecule has 0 aliphatic carbocycles. The summed E-state index contributed by atoms with van der Waals surface area (Å²) in [6, 6.07) is 5.38. The van der Waals surface area contributed by atoms with Crippen LogP contribution in [-0.2, 0) is 24.2 Å². The first-order valence-electron chi connectivity index (χ1n) is 8.82. The van der Waals surface area contributed by atoms with E-state index >= 15 is 0 Å². The Balaban J connectivity index is 1.67. The van der Waals surface area contributed by atoms with Gasteiger partial charge in [0, 0.05) is 28.8 Å². The summed E-state index contributed by atoms with van der Waals surface area (Å²) in [5.74, 6) is 0.514. The maximum Gasteiger partial charge on any atom is 0.339 e. The molecule has 1 aromatic carbocycles. The highest BCUT2D eigenvalue weighted by molar-refractivity contribution is 7.09. The number of thiazole rings is 1. The molecule has 1 N–H and O–H groups in total. The molecule has 2 heterocycles. The number of methoxy groups -OCH3 is 1. The van der Waals surface area contributed by atoms with Gasteiger partial charge >= 0.3 is 5.63 Å². The summed E-state index contributed by atoms with van der Waals surface area (Å²) in [5.41, 5.74) is 2.31. The van der Waals surface area contributed by atoms with Gasteiger partial charge in [-0.15, -0.1) is 11.3 Å². The van der Waals surface area contributed by atoms with Crippen molar-refractivity contribution in [1.29, 1.82) is 0 Å². The molecule has 0 saturated carbocycles. The van der Waals surface area contributed by atoms with Crippen molar-refractivity contribution in [3.8, 4) is 5.75 Å². The minimum absolute atomic E-state index is 0.116. The third-order valence-electron chi connectivity index (χ3n) is 4.47. The number of amides is 1. The number of hydrogen-bond donors (Lipinski definition) is 1. The lowest BCUT2D eigenvalue weighted by Crippen LogP contribution is -2.24. The van der Waals surface area contributed by atoms with Crippen molar-refractivity contribution in [1.82, 2.24) is 10.3 Å². The molecule has 6 nitrogen and oxygen atoms in total. The fourth-order valence-corrected chi connectivity index (χ4v) is 3.64. The molecule has 0 atom stereocenters. The molecule has 3 rings (SSSR count). The Morgan fingerprint density at radius 2 is 2.19 bits per heavy atom. The summed E-state index contributed by atoms with van der Waals surface area (Å²) in [4.78, 5) is 28.9. The Morgan fingerprint density at radius 3 is 2.89 bits per heavy atom. The van der Waals surface area contributed by atoms with Crippen molar-refractivity contribution < 1.29 is 13.9 Å². The van der Waals surface area contributed by atoms with E-state index in [0.717, 1.165) is 28.1 Å². The van der Waals surface area contributed by atoms with Crippen LogP contribution in [0.2, 0.25) is 0 Å². The first-order valence-corrected chi connectivity index (χ1v) is 9.70. The number of aryl methyl sites for hydroxylation is 2.